The lowest BCUT2D eigenvalue weighted by Gasteiger charge is -2.16. The first-order valence-electron chi connectivity index (χ1n) is 6.79. The normalized spacial score (nSPS) is 11.9. The summed E-state index contributed by atoms with van der Waals surface area (Å²) in [6.07, 6.45) is 0.924. The summed E-state index contributed by atoms with van der Waals surface area (Å²) >= 11 is 2.30. The highest BCUT2D eigenvalue weighted by molar-refractivity contribution is 14.1. The third-order valence-corrected chi connectivity index (χ3v) is 4.25. The van der Waals surface area contributed by atoms with Crippen LogP contribution in [0.1, 0.15) is 37.6 Å². The van der Waals surface area contributed by atoms with E-state index in [0.717, 1.165) is 27.2 Å². The summed E-state index contributed by atoms with van der Waals surface area (Å²) in [6, 6.07) is 6.39. The molecule has 0 bridgehead atoms. The number of nitrogens with zero attached hydrogens (tertiary/aromatic N) is 2. The van der Waals surface area contributed by atoms with Gasteiger partial charge < -0.3 is 5.73 Å². The molecular weight excluding hydrogens is 361 g/mol. The molecule has 1 heterocycles. The van der Waals surface area contributed by atoms with Gasteiger partial charge in [-0.15, -0.1) is 0 Å². The standard InChI is InChI=1S/C16H22IN3/c1-10-6-11(2)8-12(7-10)20-15(18)14(17)13(19-20)9-16(3,4)5/h6-8H,9,18H2,1-5H3. The first-order chi connectivity index (χ1) is 9.17. The minimum Gasteiger partial charge on any atom is -0.383 e. The van der Waals surface area contributed by atoms with E-state index < -0.39 is 0 Å². The molecule has 0 amide bonds. The van der Waals surface area contributed by atoms with Gasteiger partial charge in [-0.25, -0.2) is 4.68 Å². The van der Waals surface area contributed by atoms with Crippen molar-refractivity contribution in [3.05, 3.63) is 38.6 Å². The second kappa shape index (κ2) is 5.39. The Morgan fingerprint density at radius 1 is 1.15 bits per heavy atom. The highest BCUT2D eigenvalue weighted by Gasteiger charge is 2.20. The molecule has 0 aliphatic heterocycles. The Morgan fingerprint density at radius 2 is 1.70 bits per heavy atom. The molecule has 4 heteroatoms. The van der Waals surface area contributed by atoms with Crippen molar-refractivity contribution >= 4 is 28.4 Å². The fraction of sp³-hybridized carbons (Fsp3) is 0.438. The van der Waals surface area contributed by atoms with Gasteiger partial charge in [0.2, 0.25) is 0 Å². The highest BCUT2D eigenvalue weighted by atomic mass is 127. The van der Waals surface area contributed by atoms with Crippen LogP contribution in [-0.2, 0) is 6.42 Å². The van der Waals surface area contributed by atoms with Crippen molar-refractivity contribution in [2.75, 3.05) is 5.73 Å². The van der Waals surface area contributed by atoms with Crippen LogP contribution in [0, 0.1) is 22.8 Å². The Kier molecular flexibility index (Phi) is 4.14. The van der Waals surface area contributed by atoms with Crippen molar-refractivity contribution in [3.63, 3.8) is 0 Å². The van der Waals surface area contributed by atoms with E-state index in [0.29, 0.717) is 0 Å². The molecule has 2 rings (SSSR count). The smallest absolute Gasteiger partial charge is 0.141 e. The molecule has 0 saturated heterocycles. The van der Waals surface area contributed by atoms with Gasteiger partial charge in [0.25, 0.3) is 0 Å². The second-order valence-corrected chi connectivity index (χ2v) is 7.72. The summed E-state index contributed by atoms with van der Waals surface area (Å²) in [5.74, 6) is 0.731. The van der Waals surface area contributed by atoms with Crippen molar-refractivity contribution in [2.24, 2.45) is 5.41 Å². The molecule has 0 spiro atoms. The second-order valence-electron chi connectivity index (χ2n) is 6.64. The van der Waals surface area contributed by atoms with Crippen LogP contribution in [0.15, 0.2) is 18.2 Å². The number of nitrogen functional groups attached to an aromatic ring is 1. The number of rotatable bonds is 2. The van der Waals surface area contributed by atoms with Gasteiger partial charge in [-0.05, 0) is 71.5 Å². The van der Waals surface area contributed by atoms with Gasteiger partial charge in [0.1, 0.15) is 5.82 Å². The fourth-order valence-corrected chi connectivity index (χ4v) is 2.87. The van der Waals surface area contributed by atoms with Crippen LogP contribution < -0.4 is 5.73 Å². The van der Waals surface area contributed by atoms with Gasteiger partial charge in [-0.2, -0.15) is 5.10 Å². The van der Waals surface area contributed by atoms with Gasteiger partial charge >= 0.3 is 0 Å². The summed E-state index contributed by atoms with van der Waals surface area (Å²) in [5, 5.41) is 4.73. The van der Waals surface area contributed by atoms with E-state index >= 15 is 0 Å². The Labute approximate surface area is 134 Å². The fourth-order valence-electron chi connectivity index (χ4n) is 2.34. The summed E-state index contributed by atoms with van der Waals surface area (Å²) in [6.45, 7) is 10.8. The predicted molar refractivity (Wildman–Crippen MR) is 93.3 cm³/mol. The Balaban J connectivity index is 2.50. The Bertz CT molecular complexity index is 616. The largest absolute Gasteiger partial charge is 0.383 e. The van der Waals surface area contributed by atoms with E-state index in [-0.39, 0.29) is 5.41 Å². The zero-order valence-electron chi connectivity index (χ0n) is 12.8. The zero-order valence-corrected chi connectivity index (χ0v) is 14.9. The molecule has 0 fully saturated rings. The lowest BCUT2D eigenvalue weighted by Crippen LogP contribution is -2.10. The summed E-state index contributed by atoms with van der Waals surface area (Å²) in [5.41, 5.74) is 11.0. The molecule has 2 N–H and O–H groups in total. The van der Waals surface area contributed by atoms with Crippen molar-refractivity contribution < 1.29 is 0 Å². The van der Waals surface area contributed by atoms with Crippen molar-refractivity contribution in [1.82, 2.24) is 9.78 Å². The number of hydrogen-bond acceptors (Lipinski definition) is 2. The molecule has 20 heavy (non-hydrogen) atoms. The molecule has 0 unspecified atom stereocenters. The first-order valence-corrected chi connectivity index (χ1v) is 7.87. The number of aromatic nitrogens is 2. The van der Waals surface area contributed by atoms with Crippen LogP contribution in [0.3, 0.4) is 0 Å². The van der Waals surface area contributed by atoms with Gasteiger partial charge in [-0.1, -0.05) is 26.8 Å². The molecule has 0 aliphatic carbocycles. The first kappa shape index (κ1) is 15.4. The van der Waals surface area contributed by atoms with Gasteiger partial charge in [0.15, 0.2) is 0 Å². The van der Waals surface area contributed by atoms with Crippen LogP contribution in [-0.4, -0.2) is 9.78 Å². The zero-order chi connectivity index (χ0) is 15.1. The van der Waals surface area contributed by atoms with E-state index in [4.69, 9.17) is 10.8 Å². The maximum absolute atomic E-state index is 6.25. The quantitative estimate of drug-likeness (QED) is 0.788. The molecular formula is C16H22IN3. The number of aryl methyl sites for hydroxylation is 2. The van der Waals surface area contributed by atoms with Crippen LogP contribution in [0.25, 0.3) is 5.69 Å². The van der Waals surface area contributed by atoms with E-state index in [9.17, 15) is 0 Å². The minimum absolute atomic E-state index is 0.202. The number of anilines is 1. The molecule has 1 aromatic heterocycles. The monoisotopic (exact) mass is 383 g/mol. The molecule has 1 aromatic carbocycles. The van der Waals surface area contributed by atoms with E-state index in [1.165, 1.54) is 11.1 Å². The topological polar surface area (TPSA) is 43.8 Å². The van der Waals surface area contributed by atoms with Crippen molar-refractivity contribution in [3.8, 4) is 5.69 Å². The predicted octanol–water partition coefficient (Wildman–Crippen LogP) is 4.26. The summed E-state index contributed by atoms with van der Waals surface area (Å²) in [7, 11) is 0. The van der Waals surface area contributed by atoms with Crippen molar-refractivity contribution in [1.29, 1.82) is 0 Å². The van der Waals surface area contributed by atoms with E-state index in [1.807, 2.05) is 4.68 Å². The van der Waals surface area contributed by atoms with E-state index in [1.54, 1.807) is 0 Å². The van der Waals surface area contributed by atoms with Crippen LogP contribution in [0.5, 0.6) is 0 Å². The average Bonchev–Trinajstić information content (AvgIpc) is 2.54. The number of nitrogens with two attached hydrogens (primary N) is 1. The Hall–Kier alpha value is -1.04. The minimum atomic E-state index is 0.202. The molecule has 0 aliphatic rings. The maximum atomic E-state index is 6.25. The average molecular weight is 383 g/mol. The van der Waals surface area contributed by atoms with Crippen LogP contribution in [0.2, 0.25) is 0 Å². The Morgan fingerprint density at radius 3 is 2.20 bits per heavy atom. The van der Waals surface area contributed by atoms with Gasteiger partial charge in [0, 0.05) is 0 Å². The molecule has 2 aromatic rings. The van der Waals surface area contributed by atoms with E-state index in [2.05, 4.69) is 75.4 Å². The number of hydrogen-bond donors (Lipinski definition) is 1. The number of halogens is 1. The van der Waals surface area contributed by atoms with Crippen LogP contribution in [0.4, 0.5) is 5.82 Å². The van der Waals surface area contributed by atoms with Gasteiger partial charge in [0.05, 0.1) is 15.0 Å². The summed E-state index contributed by atoms with van der Waals surface area (Å²) < 4.78 is 2.93. The highest BCUT2D eigenvalue weighted by Crippen LogP contribution is 2.28. The van der Waals surface area contributed by atoms with Gasteiger partial charge in [-0.3, -0.25) is 0 Å². The SMILES string of the molecule is Cc1cc(C)cc(-n2nc(CC(C)(C)C)c(I)c2N)c1. The van der Waals surface area contributed by atoms with Crippen molar-refractivity contribution in [2.45, 2.75) is 41.0 Å². The molecule has 108 valence electrons. The third kappa shape index (κ3) is 3.34. The lowest BCUT2D eigenvalue weighted by molar-refractivity contribution is 0.404. The molecule has 0 radical (unpaired) electrons. The third-order valence-electron chi connectivity index (χ3n) is 3.08. The van der Waals surface area contributed by atoms with Crippen LogP contribution >= 0.6 is 22.6 Å². The molecule has 0 saturated carbocycles. The summed E-state index contributed by atoms with van der Waals surface area (Å²) in [4.78, 5) is 0. The maximum Gasteiger partial charge on any atom is 0.141 e. The number of benzene rings is 1. The molecule has 0 atom stereocenters. The lowest BCUT2D eigenvalue weighted by atomic mass is 9.91. The molecule has 3 nitrogen and oxygen atoms in total.